The standard InChI is InChI=1S/C16H22BrNO/c1-2-14(11-5-7-13(17)8-6-11)18-15-9-10-19-16(15)12-3-4-12/h5-8,12,14-16,18H,2-4,9-10H2,1H3. The SMILES string of the molecule is CCC(NC1CCOC1C1CC1)c1ccc(Br)cc1. The fourth-order valence-corrected chi connectivity index (χ4v) is 3.35. The zero-order valence-electron chi connectivity index (χ0n) is 11.4. The van der Waals surface area contributed by atoms with Crippen LogP contribution in [0.25, 0.3) is 0 Å². The molecule has 2 fully saturated rings. The van der Waals surface area contributed by atoms with Crippen LogP contribution in [0.2, 0.25) is 0 Å². The van der Waals surface area contributed by atoms with Crippen LogP contribution < -0.4 is 5.32 Å². The molecule has 1 aromatic carbocycles. The van der Waals surface area contributed by atoms with E-state index in [1.54, 1.807) is 0 Å². The summed E-state index contributed by atoms with van der Waals surface area (Å²) in [6.45, 7) is 3.18. The molecular weight excluding hydrogens is 302 g/mol. The highest BCUT2D eigenvalue weighted by Gasteiger charge is 2.41. The van der Waals surface area contributed by atoms with Crippen molar-refractivity contribution in [3.63, 3.8) is 0 Å². The molecule has 3 unspecified atom stereocenters. The molecule has 3 heteroatoms. The number of hydrogen-bond donors (Lipinski definition) is 1. The van der Waals surface area contributed by atoms with Crippen LogP contribution in [0.4, 0.5) is 0 Å². The van der Waals surface area contributed by atoms with Gasteiger partial charge in [0.05, 0.1) is 6.10 Å². The third kappa shape index (κ3) is 3.21. The van der Waals surface area contributed by atoms with Gasteiger partial charge in [0.15, 0.2) is 0 Å². The van der Waals surface area contributed by atoms with E-state index in [1.807, 2.05) is 0 Å². The lowest BCUT2D eigenvalue weighted by atomic mass is 10.00. The molecule has 1 aliphatic heterocycles. The third-order valence-electron chi connectivity index (χ3n) is 4.32. The predicted molar refractivity (Wildman–Crippen MR) is 81.2 cm³/mol. The Hall–Kier alpha value is -0.380. The van der Waals surface area contributed by atoms with E-state index in [2.05, 4.69) is 52.4 Å². The molecule has 1 aromatic rings. The second-order valence-electron chi connectivity index (χ2n) is 5.75. The van der Waals surface area contributed by atoms with Crippen molar-refractivity contribution in [2.75, 3.05) is 6.61 Å². The van der Waals surface area contributed by atoms with E-state index >= 15 is 0 Å². The zero-order chi connectivity index (χ0) is 13.2. The Bertz CT molecular complexity index is 415. The molecule has 0 amide bonds. The molecule has 1 aliphatic carbocycles. The number of ether oxygens (including phenoxy) is 1. The number of benzene rings is 1. The first-order valence-electron chi connectivity index (χ1n) is 7.41. The summed E-state index contributed by atoms with van der Waals surface area (Å²) in [4.78, 5) is 0. The van der Waals surface area contributed by atoms with Crippen molar-refractivity contribution in [2.24, 2.45) is 5.92 Å². The zero-order valence-corrected chi connectivity index (χ0v) is 13.0. The first-order valence-corrected chi connectivity index (χ1v) is 8.20. The summed E-state index contributed by atoms with van der Waals surface area (Å²) in [5, 5.41) is 3.83. The molecule has 1 heterocycles. The smallest absolute Gasteiger partial charge is 0.0757 e. The van der Waals surface area contributed by atoms with Gasteiger partial charge >= 0.3 is 0 Å². The molecule has 3 rings (SSSR count). The fraction of sp³-hybridized carbons (Fsp3) is 0.625. The maximum Gasteiger partial charge on any atom is 0.0757 e. The monoisotopic (exact) mass is 323 g/mol. The fourth-order valence-electron chi connectivity index (χ4n) is 3.08. The van der Waals surface area contributed by atoms with Crippen LogP contribution in [0.15, 0.2) is 28.7 Å². The minimum absolute atomic E-state index is 0.445. The number of halogens is 1. The molecule has 2 aliphatic rings. The Morgan fingerprint density at radius 3 is 2.63 bits per heavy atom. The molecule has 0 bridgehead atoms. The van der Waals surface area contributed by atoms with E-state index in [0.29, 0.717) is 18.2 Å². The second kappa shape index (κ2) is 5.94. The van der Waals surface area contributed by atoms with E-state index in [0.717, 1.165) is 29.8 Å². The van der Waals surface area contributed by atoms with Crippen LogP contribution in [-0.4, -0.2) is 18.8 Å². The van der Waals surface area contributed by atoms with Crippen LogP contribution in [-0.2, 0) is 4.74 Å². The van der Waals surface area contributed by atoms with Gasteiger partial charge in [0.25, 0.3) is 0 Å². The number of rotatable bonds is 5. The predicted octanol–water partition coefficient (Wildman–Crippen LogP) is 4.06. The Balaban J connectivity index is 1.67. The average molecular weight is 324 g/mol. The van der Waals surface area contributed by atoms with Crippen LogP contribution in [0.1, 0.15) is 44.2 Å². The largest absolute Gasteiger partial charge is 0.376 e. The molecule has 104 valence electrons. The van der Waals surface area contributed by atoms with Crippen molar-refractivity contribution in [3.05, 3.63) is 34.3 Å². The van der Waals surface area contributed by atoms with E-state index < -0.39 is 0 Å². The van der Waals surface area contributed by atoms with Crippen LogP contribution >= 0.6 is 15.9 Å². The lowest BCUT2D eigenvalue weighted by molar-refractivity contribution is 0.0787. The summed E-state index contributed by atoms with van der Waals surface area (Å²) in [6.07, 6.45) is 5.46. The molecule has 2 nitrogen and oxygen atoms in total. The Kier molecular flexibility index (Phi) is 4.25. The van der Waals surface area contributed by atoms with Crippen molar-refractivity contribution in [2.45, 2.75) is 50.8 Å². The van der Waals surface area contributed by atoms with Gasteiger partial charge in [0, 0.05) is 23.2 Å². The van der Waals surface area contributed by atoms with Gasteiger partial charge in [0.1, 0.15) is 0 Å². The molecule has 1 N–H and O–H groups in total. The van der Waals surface area contributed by atoms with Crippen molar-refractivity contribution >= 4 is 15.9 Å². The molecular formula is C16H22BrNO. The molecule has 0 aromatic heterocycles. The quantitative estimate of drug-likeness (QED) is 0.882. The molecule has 0 spiro atoms. The average Bonchev–Trinajstić information content (AvgIpc) is 3.17. The van der Waals surface area contributed by atoms with E-state index in [9.17, 15) is 0 Å². The van der Waals surface area contributed by atoms with Crippen molar-refractivity contribution < 1.29 is 4.74 Å². The number of hydrogen-bond acceptors (Lipinski definition) is 2. The molecule has 1 saturated heterocycles. The highest BCUT2D eigenvalue weighted by molar-refractivity contribution is 9.10. The maximum atomic E-state index is 5.92. The lowest BCUT2D eigenvalue weighted by Gasteiger charge is -2.26. The summed E-state index contributed by atoms with van der Waals surface area (Å²) in [6, 6.07) is 9.68. The van der Waals surface area contributed by atoms with Crippen molar-refractivity contribution in [1.29, 1.82) is 0 Å². The first-order chi connectivity index (χ1) is 9.28. The third-order valence-corrected chi connectivity index (χ3v) is 4.85. The van der Waals surface area contributed by atoms with Gasteiger partial charge in [-0.25, -0.2) is 0 Å². The van der Waals surface area contributed by atoms with Crippen molar-refractivity contribution in [1.82, 2.24) is 5.32 Å². The topological polar surface area (TPSA) is 21.3 Å². The van der Waals surface area contributed by atoms with Gasteiger partial charge in [-0.05, 0) is 49.3 Å². The van der Waals surface area contributed by atoms with Crippen LogP contribution in [0, 0.1) is 5.92 Å². The Labute approximate surface area is 124 Å². The highest BCUT2D eigenvalue weighted by atomic mass is 79.9. The van der Waals surface area contributed by atoms with Gasteiger partial charge in [-0.3, -0.25) is 0 Å². The normalized spacial score (nSPS) is 28.5. The Morgan fingerprint density at radius 2 is 2.00 bits per heavy atom. The Morgan fingerprint density at radius 1 is 1.26 bits per heavy atom. The molecule has 19 heavy (non-hydrogen) atoms. The molecule has 3 atom stereocenters. The summed E-state index contributed by atoms with van der Waals surface area (Å²) < 4.78 is 7.06. The van der Waals surface area contributed by atoms with E-state index in [-0.39, 0.29) is 0 Å². The maximum absolute atomic E-state index is 5.92. The van der Waals surface area contributed by atoms with Crippen LogP contribution in [0.5, 0.6) is 0 Å². The van der Waals surface area contributed by atoms with Gasteiger partial charge in [0.2, 0.25) is 0 Å². The summed E-state index contributed by atoms with van der Waals surface area (Å²) in [5.74, 6) is 0.822. The van der Waals surface area contributed by atoms with Gasteiger partial charge in [-0.2, -0.15) is 0 Å². The van der Waals surface area contributed by atoms with Gasteiger partial charge in [-0.15, -0.1) is 0 Å². The first kappa shape index (κ1) is 13.6. The van der Waals surface area contributed by atoms with E-state index in [4.69, 9.17) is 4.74 Å². The summed E-state index contributed by atoms with van der Waals surface area (Å²) in [5.41, 5.74) is 1.38. The lowest BCUT2D eigenvalue weighted by Crippen LogP contribution is -2.39. The van der Waals surface area contributed by atoms with Gasteiger partial charge in [-0.1, -0.05) is 35.0 Å². The molecule has 0 radical (unpaired) electrons. The summed E-state index contributed by atoms with van der Waals surface area (Å²) >= 11 is 3.50. The molecule has 1 saturated carbocycles. The van der Waals surface area contributed by atoms with Gasteiger partial charge < -0.3 is 10.1 Å². The van der Waals surface area contributed by atoms with E-state index in [1.165, 1.54) is 18.4 Å². The number of nitrogens with one attached hydrogen (secondary N) is 1. The second-order valence-corrected chi connectivity index (χ2v) is 6.66. The van der Waals surface area contributed by atoms with Crippen LogP contribution in [0.3, 0.4) is 0 Å². The minimum Gasteiger partial charge on any atom is -0.376 e. The minimum atomic E-state index is 0.445. The summed E-state index contributed by atoms with van der Waals surface area (Å²) in [7, 11) is 0. The highest BCUT2D eigenvalue weighted by Crippen LogP contribution is 2.39. The van der Waals surface area contributed by atoms with Crippen molar-refractivity contribution in [3.8, 4) is 0 Å².